The molecule has 23 heteroatoms. The zero-order valence-electron chi connectivity index (χ0n) is 21.7. The van der Waals surface area contributed by atoms with E-state index in [0.717, 1.165) is 77.0 Å². The number of hydrogen-bond acceptors (Lipinski definition) is 16. The minimum absolute atomic E-state index is 0.0424. The summed E-state index contributed by atoms with van der Waals surface area (Å²) >= 11 is 41.7. The number of nitrogens with one attached hydrogen (secondary N) is 4. The van der Waals surface area contributed by atoms with E-state index < -0.39 is 18.5 Å². The normalized spacial score (nSPS) is 22.6. The van der Waals surface area contributed by atoms with Gasteiger partial charge in [0.2, 0.25) is 0 Å². The van der Waals surface area contributed by atoms with Gasteiger partial charge in [-0.2, -0.15) is 0 Å². The summed E-state index contributed by atoms with van der Waals surface area (Å²) in [5.74, 6) is 2.08. The van der Waals surface area contributed by atoms with E-state index in [9.17, 15) is 0 Å². The van der Waals surface area contributed by atoms with E-state index >= 15 is 0 Å². The molecule has 4 fully saturated rings. The molecular weight excluding hydrogens is 805 g/mol. The van der Waals surface area contributed by atoms with Crippen LogP contribution in [0.25, 0.3) is 0 Å². The van der Waals surface area contributed by atoms with E-state index in [1.165, 1.54) is 0 Å². The first-order valence-corrected chi connectivity index (χ1v) is 19.3. The van der Waals surface area contributed by atoms with Crippen LogP contribution in [0.1, 0.15) is 0 Å². The average molecular weight is 837 g/mol. The molecule has 41 heavy (non-hydrogen) atoms. The summed E-state index contributed by atoms with van der Waals surface area (Å²) in [4.78, 5) is 0. The molecule has 0 spiro atoms. The molecule has 2 unspecified atom stereocenters. The molecule has 4 N–H and O–H groups in total. The van der Waals surface area contributed by atoms with Crippen LogP contribution in [0.15, 0.2) is 0 Å². The van der Waals surface area contributed by atoms with Crippen LogP contribution in [0.3, 0.4) is 0 Å². The molecule has 0 radical (unpaired) electrons. The van der Waals surface area contributed by atoms with Crippen molar-refractivity contribution in [2.75, 3.05) is 77.0 Å². The molecule has 0 saturated carbocycles. The van der Waals surface area contributed by atoms with Crippen LogP contribution < -0.4 is 21.3 Å². The van der Waals surface area contributed by atoms with Crippen molar-refractivity contribution in [2.24, 2.45) is 0 Å². The number of piperazine rings is 2. The molecule has 232 valence electrons. The summed E-state index contributed by atoms with van der Waals surface area (Å²) in [7, 11) is 0. The van der Waals surface area contributed by atoms with Crippen LogP contribution in [0.4, 0.5) is 0 Å². The molecule has 12 nitrogen and oxygen atoms in total. The van der Waals surface area contributed by atoms with Gasteiger partial charge in [0.1, 0.15) is 0 Å². The van der Waals surface area contributed by atoms with Gasteiger partial charge in [0.15, 0.2) is 19.6 Å². The Morgan fingerprint density at radius 1 is 0.707 bits per heavy atom. The number of thiocarbonyl (C=S) groups is 4. The molecule has 4 aliphatic heterocycles. The Labute approximate surface area is 301 Å². The quantitative estimate of drug-likeness (QED) is 0.0738. The summed E-state index contributed by atoms with van der Waals surface area (Å²) in [6, 6.07) is 0. The number of rotatable bonds is 4. The van der Waals surface area contributed by atoms with Gasteiger partial charge in [-0.05, 0) is 8.64 Å². The third kappa shape index (κ3) is 12.6. The van der Waals surface area contributed by atoms with E-state index in [-0.39, 0.29) is 11.0 Å². The van der Waals surface area contributed by atoms with Crippen molar-refractivity contribution < 1.29 is 25.3 Å². The Hall–Kier alpha value is 1.45. The van der Waals surface area contributed by atoms with Crippen LogP contribution in [0.5, 0.6) is 0 Å². The van der Waals surface area contributed by atoms with Crippen molar-refractivity contribution in [3.63, 3.8) is 0 Å². The second kappa shape index (κ2) is 21.3. The van der Waals surface area contributed by atoms with E-state index in [2.05, 4.69) is 56.5 Å². The molecule has 4 rings (SSSR count). The summed E-state index contributed by atoms with van der Waals surface area (Å²) in [6.45, 7) is 8.92. The molecule has 4 saturated heterocycles. The van der Waals surface area contributed by atoms with Gasteiger partial charge >= 0.3 is 25.3 Å². The van der Waals surface area contributed by atoms with Gasteiger partial charge in [-0.1, -0.05) is 24.4 Å². The van der Waals surface area contributed by atoms with Gasteiger partial charge in [0, 0.05) is 77.0 Å². The Balaban J connectivity index is 0.000000262. The van der Waals surface area contributed by atoms with Gasteiger partial charge < -0.3 is 60.3 Å². The third-order valence-electron chi connectivity index (χ3n) is 5.69. The minimum atomic E-state index is -2.03. The Kier molecular flexibility index (Phi) is 20.1. The Bertz CT molecular complexity index is 849. The van der Waals surface area contributed by atoms with Crippen LogP contribution in [0.2, 0.25) is 0 Å². The fraction of sp³-hybridized carbons (Fsp3) is 0.778. The molecule has 2 atom stereocenters. The first-order valence-electron chi connectivity index (χ1n) is 12.2. The van der Waals surface area contributed by atoms with Crippen LogP contribution in [-0.4, -0.2) is 136 Å². The zero-order valence-corrected chi connectivity index (χ0v) is 32.0. The maximum absolute atomic E-state index is 8.50. The molecule has 0 aromatic heterocycles. The van der Waals surface area contributed by atoms with E-state index in [1.54, 1.807) is 23.5 Å². The summed E-state index contributed by atoms with van der Waals surface area (Å²) in [6.07, 6.45) is 0. The number of hydrazine groups is 4. The van der Waals surface area contributed by atoms with Gasteiger partial charge in [-0.15, -0.1) is 48.8 Å². The topological polar surface area (TPSA) is 102 Å². The second-order valence-electron chi connectivity index (χ2n) is 8.19. The molecule has 0 aromatic carbocycles. The van der Waals surface area contributed by atoms with Crippen molar-refractivity contribution in [2.45, 2.75) is 11.0 Å². The van der Waals surface area contributed by atoms with Gasteiger partial charge in [0.25, 0.3) is 0 Å². The molecule has 4 heterocycles. The molecule has 0 amide bonds. The fourth-order valence-corrected chi connectivity index (χ4v) is 7.99. The monoisotopic (exact) mass is 838 g/mol. The number of thioether (sulfide) groups is 2. The number of nitrogens with zero attached hydrogens (tertiary/aromatic N) is 6. The number of hydrogen-bond donors (Lipinski definition) is 6. The molecule has 0 aliphatic carbocycles. The summed E-state index contributed by atoms with van der Waals surface area (Å²) in [5.41, 5.74) is 0.0848. The molecule has 0 bridgehead atoms. The zero-order chi connectivity index (χ0) is 30.4. The SMILES string of the molecule is S=C(S)N(C1NCCS1)N(C(=S)[S-])N1CCNCC1.S=C(S)N(C1NCCS1)N(C(=S)[S-])N1CCNCC1.[O]=[Mo+2]=[O]. The molecule has 0 aromatic rings. The predicted molar refractivity (Wildman–Crippen MR) is 189 cm³/mol. The standard InChI is InChI=1S/2C9H17N5S5.Mo.2O/c2*15-8(16)13(7-11-3-6-19-7)14(9(17)18)12-4-1-10-2-5-12;;;/h2*7,10-11H,1-6H2,(H,15,16)(H,17,18);;;/q;;+2;;/p-2. The van der Waals surface area contributed by atoms with Crippen molar-refractivity contribution in [1.29, 1.82) is 0 Å². The number of thiol groups is 2. The predicted octanol–water partition coefficient (Wildman–Crippen LogP) is -0.256. The average Bonchev–Trinajstić information content (AvgIpc) is 3.66. The van der Waals surface area contributed by atoms with Gasteiger partial charge in [-0.25, -0.2) is 30.3 Å². The summed E-state index contributed by atoms with van der Waals surface area (Å²) < 4.78 is 18.7. The van der Waals surface area contributed by atoms with Crippen LogP contribution in [0, 0.1) is 0 Å². The van der Waals surface area contributed by atoms with Gasteiger partial charge in [0.05, 0.1) is 0 Å². The Morgan fingerprint density at radius 3 is 1.24 bits per heavy atom. The van der Waals surface area contributed by atoms with Crippen molar-refractivity contribution in [1.82, 2.24) is 51.5 Å². The van der Waals surface area contributed by atoms with E-state index in [4.69, 9.17) is 80.9 Å². The van der Waals surface area contributed by atoms with E-state index in [1.807, 2.05) is 20.3 Å². The summed E-state index contributed by atoms with van der Waals surface area (Å²) in [5, 5.41) is 25.0. The first-order chi connectivity index (χ1) is 19.6. The fourth-order valence-electron chi connectivity index (χ4n) is 4.06. The third-order valence-corrected chi connectivity index (χ3v) is 9.37. The van der Waals surface area contributed by atoms with Gasteiger partial charge in [-0.3, -0.25) is 10.6 Å². The van der Waals surface area contributed by atoms with Crippen molar-refractivity contribution in [3.8, 4) is 0 Å². The van der Waals surface area contributed by atoms with Crippen LogP contribution in [-0.2, 0) is 50.5 Å². The van der Waals surface area contributed by atoms with Crippen molar-refractivity contribution >= 4 is 140 Å². The molecular formula is C18H32MoN10O2S10. The van der Waals surface area contributed by atoms with Crippen LogP contribution >= 0.6 is 97.7 Å². The van der Waals surface area contributed by atoms with Crippen molar-refractivity contribution in [3.05, 3.63) is 0 Å². The molecule has 4 aliphatic rings. The Morgan fingerprint density at radius 2 is 1.02 bits per heavy atom. The first kappa shape index (κ1) is 38.6. The second-order valence-corrected chi connectivity index (χ2v) is 15.2. The maximum atomic E-state index is 8.50. The van der Waals surface area contributed by atoms with E-state index in [0.29, 0.717) is 17.3 Å².